The van der Waals surface area contributed by atoms with Gasteiger partial charge in [0.25, 0.3) is 0 Å². The zero-order chi connectivity index (χ0) is 19.7. The fourth-order valence-corrected chi connectivity index (χ4v) is 2.85. The Balaban J connectivity index is 0.000000765. The molecule has 142 valence electrons. The number of ketones is 1. The maximum Gasteiger partial charge on any atom is 0.183 e. The molecule has 0 radical (unpaired) electrons. The number of likely N-dealkylation sites (N-methyl/N-ethyl adjacent to an activating group) is 1. The van der Waals surface area contributed by atoms with Gasteiger partial charge in [-0.05, 0) is 63.7 Å². The van der Waals surface area contributed by atoms with E-state index in [0.717, 1.165) is 5.56 Å². The van der Waals surface area contributed by atoms with Crippen LogP contribution in [0.3, 0.4) is 0 Å². The van der Waals surface area contributed by atoms with Gasteiger partial charge in [-0.3, -0.25) is 9.69 Å². The van der Waals surface area contributed by atoms with Gasteiger partial charge in [0.1, 0.15) is 10.7 Å². The van der Waals surface area contributed by atoms with E-state index in [9.17, 15) is 9.18 Å². The van der Waals surface area contributed by atoms with Gasteiger partial charge >= 0.3 is 0 Å². The summed E-state index contributed by atoms with van der Waals surface area (Å²) in [6.07, 6.45) is 1.32. The molecule has 0 bridgehead atoms. The number of hydrogen-bond acceptors (Lipinski definition) is 2. The second kappa shape index (κ2) is 10.7. The highest BCUT2D eigenvalue weighted by Crippen LogP contribution is 2.27. The van der Waals surface area contributed by atoms with Crippen LogP contribution in [0.25, 0.3) is 0 Å². The fraction of sp³-hybridized carbons (Fsp3) is 0.381. The molecule has 0 saturated heterocycles. The quantitative estimate of drug-likeness (QED) is 0.455. The molecule has 0 heterocycles. The van der Waals surface area contributed by atoms with Crippen molar-refractivity contribution in [2.24, 2.45) is 0 Å². The minimum atomic E-state index is -0.626. The standard InChI is InChI=1S/C19H22FNO.C2H4Cl2/c1-4-19(21(2)3,14-15-8-6-5-7-9-15)18(22)16-10-12-17(20)13-11-16;1-2(3)4/h5-13H,4,14H2,1-3H3;2H,1H3. The second-order valence-corrected chi connectivity index (χ2v) is 7.83. The molecule has 0 spiro atoms. The number of alkyl halides is 2. The third-order valence-corrected chi connectivity index (χ3v) is 4.31. The minimum Gasteiger partial charge on any atom is -0.297 e. The van der Waals surface area contributed by atoms with Crippen LogP contribution in [-0.4, -0.2) is 35.2 Å². The van der Waals surface area contributed by atoms with Crippen molar-refractivity contribution < 1.29 is 9.18 Å². The average Bonchev–Trinajstić information content (AvgIpc) is 2.60. The number of nitrogens with zero attached hydrogens (tertiary/aromatic N) is 1. The van der Waals surface area contributed by atoms with E-state index in [2.05, 4.69) is 0 Å². The molecule has 0 amide bonds. The van der Waals surface area contributed by atoms with Gasteiger partial charge in [-0.15, -0.1) is 23.2 Å². The number of rotatable bonds is 6. The summed E-state index contributed by atoms with van der Waals surface area (Å²) in [6.45, 7) is 3.72. The van der Waals surface area contributed by atoms with Crippen molar-refractivity contribution >= 4 is 29.0 Å². The predicted molar refractivity (Wildman–Crippen MR) is 109 cm³/mol. The Kier molecular flexibility index (Phi) is 9.28. The third-order valence-electron chi connectivity index (χ3n) is 4.31. The number of carbonyl (C=O) groups excluding carboxylic acids is 1. The summed E-state index contributed by atoms with van der Waals surface area (Å²) in [5, 5.41) is 0. The predicted octanol–water partition coefficient (Wildman–Crippen LogP) is 5.77. The van der Waals surface area contributed by atoms with Crippen LogP contribution in [0.1, 0.15) is 36.2 Å². The number of halogens is 3. The van der Waals surface area contributed by atoms with Crippen LogP contribution in [0.15, 0.2) is 54.6 Å². The highest BCUT2D eigenvalue weighted by Gasteiger charge is 2.39. The SMILES string of the molecule is CC(Cl)Cl.CCC(Cc1ccccc1)(C(=O)c1ccc(F)cc1)N(C)C. The molecule has 2 nitrogen and oxygen atoms in total. The van der Waals surface area contributed by atoms with Crippen LogP contribution < -0.4 is 0 Å². The van der Waals surface area contributed by atoms with Crippen molar-refractivity contribution in [3.8, 4) is 0 Å². The topological polar surface area (TPSA) is 20.3 Å². The Labute approximate surface area is 165 Å². The lowest BCUT2D eigenvalue weighted by Crippen LogP contribution is -2.52. The molecule has 1 unspecified atom stereocenters. The molecule has 0 saturated carbocycles. The van der Waals surface area contributed by atoms with Gasteiger partial charge in [-0.2, -0.15) is 0 Å². The van der Waals surface area contributed by atoms with Gasteiger partial charge in [-0.1, -0.05) is 37.3 Å². The number of hydrogen-bond donors (Lipinski definition) is 0. The average molecular weight is 398 g/mol. The molecule has 2 rings (SSSR count). The highest BCUT2D eigenvalue weighted by molar-refractivity contribution is 6.43. The Morgan fingerprint density at radius 1 is 1.08 bits per heavy atom. The first-order valence-corrected chi connectivity index (χ1v) is 9.40. The molecule has 0 fully saturated rings. The Hall–Kier alpha value is -1.42. The molecule has 2 aromatic rings. The first-order chi connectivity index (χ1) is 12.2. The highest BCUT2D eigenvalue weighted by atomic mass is 35.5. The summed E-state index contributed by atoms with van der Waals surface area (Å²) in [5.74, 6) is -0.296. The minimum absolute atomic E-state index is 0.0313. The van der Waals surface area contributed by atoms with Crippen LogP contribution in [0.4, 0.5) is 4.39 Å². The molecule has 0 aliphatic carbocycles. The number of Topliss-reactive ketones (excluding diaryl/α,β-unsaturated/α-hetero) is 1. The summed E-state index contributed by atoms with van der Waals surface area (Å²) in [4.78, 5) is 14.8. The van der Waals surface area contributed by atoms with Crippen molar-refractivity contribution in [3.63, 3.8) is 0 Å². The Morgan fingerprint density at radius 3 is 2.00 bits per heavy atom. The summed E-state index contributed by atoms with van der Waals surface area (Å²) in [7, 11) is 3.85. The van der Waals surface area contributed by atoms with Crippen molar-refractivity contribution in [2.75, 3.05) is 14.1 Å². The summed E-state index contributed by atoms with van der Waals surface area (Å²) in [6, 6.07) is 15.8. The van der Waals surface area contributed by atoms with E-state index in [-0.39, 0.29) is 16.4 Å². The van der Waals surface area contributed by atoms with Crippen LogP contribution in [-0.2, 0) is 6.42 Å². The first-order valence-electron chi connectivity index (χ1n) is 8.52. The second-order valence-electron chi connectivity index (χ2n) is 6.30. The van der Waals surface area contributed by atoms with Gasteiger partial charge in [-0.25, -0.2) is 4.39 Å². The molecule has 0 N–H and O–H groups in total. The maximum atomic E-state index is 13.1. The molecule has 0 aromatic heterocycles. The van der Waals surface area contributed by atoms with Crippen LogP contribution >= 0.6 is 23.2 Å². The molecule has 0 aliphatic heterocycles. The monoisotopic (exact) mass is 397 g/mol. The molecular weight excluding hydrogens is 372 g/mol. The molecule has 26 heavy (non-hydrogen) atoms. The lowest BCUT2D eigenvalue weighted by Gasteiger charge is -2.38. The maximum absolute atomic E-state index is 13.1. The molecular formula is C21H26Cl2FNO. The van der Waals surface area contributed by atoms with Gasteiger partial charge in [0, 0.05) is 5.56 Å². The van der Waals surface area contributed by atoms with Crippen molar-refractivity contribution in [1.29, 1.82) is 0 Å². The van der Waals surface area contributed by atoms with Crippen molar-refractivity contribution in [1.82, 2.24) is 4.90 Å². The van der Waals surface area contributed by atoms with Gasteiger partial charge in [0.2, 0.25) is 0 Å². The molecule has 5 heteroatoms. The van der Waals surface area contributed by atoms with Crippen molar-refractivity contribution in [2.45, 2.75) is 37.1 Å². The van der Waals surface area contributed by atoms with E-state index < -0.39 is 5.54 Å². The molecule has 0 aliphatic rings. The largest absolute Gasteiger partial charge is 0.297 e. The van der Waals surface area contributed by atoms with E-state index in [4.69, 9.17) is 23.2 Å². The van der Waals surface area contributed by atoms with Gasteiger partial charge < -0.3 is 0 Å². The Morgan fingerprint density at radius 2 is 1.58 bits per heavy atom. The third kappa shape index (κ3) is 6.39. The smallest absolute Gasteiger partial charge is 0.183 e. The van der Waals surface area contributed by atoms with Gasteiger partial charge in [0.05, 0.1) is 5.54 Å². The zero-order valence-electron chi connectivity index (χ0n) is 15.7. The Bertz CT molecular complexity index is 671. The summed E-state index contributed by atoms with van der Waals surface area (Å²) >= 11 is 10.1. The molecule has 2 aromatic carbocycles. The first kappa shape index (κ1) is 22.6. The summed E-state index contributed by atoms with van der Waals surface area (Å²) < 4.78 is 13.1. The van der Waals surface area contributed by atoms with Crippen LogP contribution in [0.2, 0.25) is 0 Å². The summed E-state index contributed by atoms with van der Waals surface area (Å²) in [5.41, 5.74) is 1.04. The van der Waals surface area contributed by atoms with E-state index in [1.807, 2.05) is 56.3 Å². The fourth-order valence-electron chi connectivity index (χ4n) is 2.85. The van der Waals surface area contributed by atoms with E-state index >= 15 is 0 Å². The van der Waals surface area contributed by atoms with Gasteiger partial charge in [0.15, 0.2) is 5.78 Å². The lowest BCUT2D eigenvalue weighted by atomic mass is 9.80. The normalized spacial score (nSPS) is 13.1. The van der Waals surface area contributed by atoms with E-state index in [1.165, 1.54) is 12.1 Å². The zero-order valence-corrected chi connectivity index (χ0v) is 17.2. The number of benzene rings is 2. The van der Waals surface area contributed by atoms with E-state index in [0.29, 0.717) is 18.4 Å². The molecule has 1 atom stereocenters. The van der Waals surface area contributed by atoms with E-state index in [1.54, 1.807) is 19.1 Å². The lowest BCUT2D eigenvalue weighted by molar-refractivity contribution is 0.0666. The van der Waals surface area contributed by atoms with Crippen LogP contribution in [0, 0.1) is 5.82 Å². The van der Waals surface area contributed by atoms with Crippen molar-refractivity contribution in [3.05, 3.63) is 71.5 Å². The number of carbonyl (C=O) groups is 1. The van der Waals surface area contributed by atoms with Crippen LogP contribution in [0.5, 0.6) is 0 Å².